The molecule has 0 radical (unpaired) electrons. The number of hydrogen-bond acceptors (Lipinski definition) is 7. The van der Waals surface area contributed by atoms with Gasteiger partial charge in [0.15, 0.2) is 16.5 Å². The first-order chi connectivity index (χ1) is 16.2. The normalized spacial score (nSPS) is 16.7. The first-order valence-corrected chi connectivity index (χ1v) is 12.0. The summed E-state index contributed by atoms with van der Waals surface area (Å²) in [6, 6.07) is 5.68. The van der Waals surface area contributed by atoms with Crippen molar-refractivity contribution < 1.29 is 19.0 Å². The summed E-state index contributed by atoms with van der Waals surface area (Å²) in [7, 11) is 0. The van der Waals surface area contributed by atoms with Gasteiger partial charge in [0, 0.05) is 31.8 Å². The molecule has 8 nitrogen and oxygen atoms in total. The number of rotatable bonds is 7. The Kier molecular flexibility index (Phi) is 6.81. The van der Waals surface area contributed by atoms with Crippen LogP contribution in [0.2, 0.25) is 0 Å². The highest BCUT2D eigenvalue weighted by atomic mass is 32.1. The second kappa shape index (κ2) is 9.63. The minimum Gasteiger partial charge on any atom is -0.503 e. The van der Waals surface area contributed by atoms with E-state index in [1.807, 2.05) is 27.7 Å². The lowest BCUT2D eigenvalue weighted by Gasteiger charge is -2.40. The standard InChI is InChI=1S/C24H27FN4O4S/c1-5-33-14(4)18-12-28(13(2)3)24(32)20-22(31)21(30)17(11-29(18)20)23-27-26-19(34-23)10-15-6-8-16(25)9-7-15/h6-9,11,13-14,18,31H,5,10,12H2,1-4H3/t14-,18+/m0/s1. The summed E-state index contributed by atoms with van der Waals surface area (Å²) >= 11 is 1.22. The van der Waals surface area contributed by atoms with Crippen LogP contribution in [0.1, 0.15) is 54.8 Å². The average molecular weight is 487 g/mol. The minimum absolute atomic E-state index is 0.0405. The van der Waals surface area contributed by atoms with Crippen molar-refractivity contribution in [1.82, 2.24) is 19.7 Å². The number of carbonyl (C=O) groups excluding carboxylic acids is 1. The van der Waals surface area contributed by atoms with Crippen LogP contribution in [0.4, 0.5) is 4.39 Å². The van der Waals surface area contributed by atoms with Crippen molar-refractivity contribution in [3.05, 3.63) is 62.8 Å². The lowest BCUT2D eigenvalue weighted by Crippen LogP contribution is -2.50. The van der Waals surface area contributed by atoms with Crippen LogP contribution in [0.15, 0.2) is 35.3 Å². The molecule has 0 fully saturated rings. The minimum atomic E-state index is -0.669. The fraction of sp³-hybridized carbons (Fsp3) is 0.417. The van der Waals surface area contributed by atoms with Gasteiger partial charge in [-0.05, 0) is 45.4 Å². The van der Waals surface area contributed by atoms with Crippen LogP contribution in [0.5, 0.6) is 5.75 Å². The van der Waals surface area contributed by atoms with Crippen LogP contribution < -0.4 is 5.43 Å². The number of carbonyl (C=O) groups is 1. The average Bonchev–Trinajstić information content (AvgIpc) is 3.25. The summed E-state index contributed by atoms with van der Waals surface area (Å²) in [5.41, 5.74) is 0.321. The topological polar surface area (TPSA) is 97.6 Å². The molecule has 1 N–H and O–H groups in total. The lowest BCUT2D eigenvalue weighted by atomic mass is 10.0. The number of nitrogens with zero attached hydrogens (tertiary/aromatic N) is 4. The number of ether oxygens (including phenoxy) is 1. The van der Waals surface area contributed by atoms with Crippen molar-refractivity contribution in [2.75, 3.05) is 13.2 Å². The first-order valence-electron chi connectivity index (χ1n) is 11.2. The van der Waals surface area contributed by atoms with Gasteiger partial charge in [-0.1, -0.05) is 23.5 Å². The second-order valence-electron chi connectivity index (χ2n) is 8.56. The maximum absolute atomic E-state index is 13.2. The maximum atomic E-state index is 13.2. The molecule has 10 heteroatoms. The Morgan fingerprint density at radius 2 is 1.91 bits per heavy atom. The van der Waals surface area contributed by atoms with E-state index in [-0.39, 0.29) is 35.3 Å². The number of amides is 1. The van der Waals surface area contributed by atoms with Crippen molar-refractivity contribution in [2.24, 2.45) is 0 Å². The van der Waals surface area contributed by atoms with E-state index in [4.69, 9.17) is 4.74 Å². The largest absolute Gasteiger partial charge is 0.503 e. The summed E-state index contributed by atoms with van der Waals surface area (Å²) in [5.74, 6) is -1.32. The molecule has 3 heterocycles. The number of benzene rings is 1. The van der Waals surface area contributed by atoms with Gasteiger partial charge in [-0.25, -0.2) is 4.39 Å². The van der Waals surface area contributed by atoms with E-state index in [9.17, 15) is 19.1 Å². The van der Waals surface area contributed by atoms with E-state index in [0.29, 0.717) is 29.6 Å². The molecule has 1 aliphatic heterocycles. The molecule has 0 saturated heterocycles. The predicted molar refractivity (Wildman–Crippen MR) is 127 cm³/mol. The van der Waals surface area contributed by atoms with Gasteiger partial charge >= 0.3 is 0 Å². The molecular formula is C24H27FN4O4S. The zero-order valence-electron chi connectivity index (χ0n) is 19.5. The highest BCUT2D eigenvalue weighted by molar-refractivity contribution is 7.14. The molecule has 4 rings (SSSR count). The number of hydrogen-bond donors (Lipinski definition) is 1. The Balaban J connectivity index is 1.76. The molecule has 2 aromatic heterocycles. The Bertz CT molecular complexity index is 1250. The highest BCUT2D eigenvalue weighted by Crippen LogP contribution is 2.33. The van der Waals surface area contributed by atoms with Crippen LogP contribution in [0.25, 0.3) is 10.6 Å². The first kappa shape index (κ1) is 24.0. The van der Waals surface area contributed by atoms with E-state index in [1.54, 1.807) is 27.8 Å². The van der Waals surface area contributed by atoms with E-state index < -0.39 is 17.1 Å². The lowest BCUT2D eigenvalue weighted by molar-refractivity contribution is 0.00998. The fourth-order valence-corrected chi connectivity index (χ4v) is 5.04. The zero-order valence-corrected chi connectivity index (χ0v) is 20.3. The molecule has 1 amide bonds. The summed E-state index contributed by atoms with van der Waals surface area (Å²) in [6.07, 6.45) is 1.74. The Morgan fingerprint density at radius 1 is 1.21 bits per heavy atom. The van der Waals surface area contributed by atoms with Crippen LogP contribution in [0.3, 0.4) is 0 Å². The van der Waals surface area contributed by atoms with Crippen molar-refractivity contribution in [1.29, 1.82) is 0 Å². The van der Waals surface area contributed by atoms with Gasteiger partial charge in [0.2, 0.25) is 5.43 Å². The summed E-state index contributed by atoms with van der Waals surface area (Å²) in [6.45, 7) is 8.46. The third kappa shape index (κ3) is 4.47. The summed E-state index contributed by atoms with van der Waals surface area (Å²) in [4.78, 5) is 27.9. The molecule has 0 aliphatic carbocycles. The van der Waals surface area contributed by atoms with E-state index in [2.05, 4.69) is 10.2 Å². The molecule has 0 saturated carbocycles. The third-order valence-corrected chi connectivity index (χ3v) is 6.93. The Labute approximate surface area is 200 Å². The van der Waals surface area contributed by atoms with Gasteiger partial charge in [0.05, 0.1) is 17.7 Å². The molecule has 0 unspecified atom stereocenters. The monoisotopic (exact) mass is 486 g/mol. The van der Waals surface area contributed by atoms with Gasteiger partial charge in [-0.15, -0.1) is 10.2 Å². The van der Waals surface area contributed by atoms with Crippen LogP contribution in [0, 0.1) is 5.82 Å². The quantitative estimate of drug-likeness (QED) is 0.548. The molecule has 2 atom stereocenters. The summed E-state index contributed by atoms with van der Waals surface area (Å²) < 4.78 is 20.7. The van der Waals surface area contributed by atoms with Crippen molar-refractivity contribution >= 4 is 17.2 Å². The molecular weight excluding hydrogens is 459 g/mol. The van der Waals surface area contributed by atoms with Crippen LogP contribution in [-0.4, -0.2) is 56.0 Å². The van der Waals surface area contributed by atoms with E-state index in [0.717, 1.165) is 5.56 Å². The maximum Gasteiger partial charge on any atom is 0.274 e. The van der Waals surface area contributed by atoms with Crippen molar-refractivity contribution in [2.45, 2.75) is 52.3 Å². The van der Waals surface area contributed by atoms with Crippen molar-refractivity contribution in [3.63, 3.8) is 0 Å². The number of aromatic hydroxyl groups is 1. The van der Waals surface area contributed by atoms with Gasteiger partial charge < -0.3 is 19.3 Å². The molecule has 34 heavy (non-hydrogen) atoms. The zero-order chi connectivity index (χ0) is 24.6. The number of halogens is 1. The van der Waals surface area contributed by atoms with Gasteiger partial charge in [-0.3, -0.25) is 9.59 Å². The Hall–Kier alpha value is -3.11. The SMILES string of the molecule is CCO[C@@H](C)[C@H]1CN(C(C)C)C(=O)c2c(O)c(=O)c(-c3nnc(Cc4ccc(F)cc4)s3)cn21. The van der Waals surface area contributed by atoms with Crippen LogP contribution in [-0.2, 0) is 11.2 Å². The number of aromatic nitrogens is 3. The predicted octanol–water partition coefficient (Wildman–Crippen LogP) is 3.63. The molecule has 1 aliphatic rings. The Morgan fingerprint density at radius 3 is 2.56 bits per heavy atom. The molecule has 3 aromatic rings. The number of pyridine rings is 1. The van der Waals surface area contributed by atoms with E-state index in [1.165, 1.54) is 23.5 Å². The fourth-order valence-electron chi connectivity index (χ4n) is 4.16. The molecule has 0 spiro atoms. The van der Waals surface area contributed by atoms with Gasteiger partial charge in [0.25, 0.3) is 5.91 Å². The second-order valence-corrected chi connectivity index (χ2v) is 9.62. The molecule has 180 valence electrons. The van der Waals surface area contributed by atoms with Crippen molar-refractivity contribution in [3.8, 4) is 16.3 Å². The number of fused-ring (bicyclic) bond motifs is 1. The smallest absolute Gasteiger partial charge is 0.274 e. The molecule has 0 bridgehead atoms. The van der Waals surface area contributed by atoms with Gasteiger partial charge in [-0.2, -0.15) is 0 Å². The van der Waals surface area contributed by atoms with Gasteiger partial charge in [0.1, 0.15) is 10.8 Å². The summed E-state index contributed by atoms with van der Waals surface area (Å²) in [5, 5.41) is 20.2. The van der Waals surface area contributed by atoms with E-state index >= 15 is 0 Å². The third-order valence-electron chi connectivity index (χ3n) is 5.98. The highest BCUT2D eigenvalue weighted by Gasteiger charge is 2.38. The molecule has 1 aromatic carbocycles. The van der Waals surface area contributed by atoms with Crippen LogP contribution >= 0.6 is 11.3 Å².